The Morgan fingerprint density at radius 2 is 2.06 bits per heavy atom. The van der Waals surface area contributed by atoms with E-state index in [1.54, 1.807) is 30.3 Å². The molecule has 0 aliphatic carbocycles. The summed E-state index contributed by atoms with van der Waals surface area (Å²) in [5.41, 5.74) is 7.62. The van der Waals surface area contributed by atoms with E-state index in [1.807, 2.05) is 13.0 Å². The number of nitrogen functional groups attached to an aromatic ring is 1. The summed E-state index contributed by atoms with van der Waals surface area (Å²) in [6, 6.07) is 6.61. The smallest absolute Gasteiger partial charge is 0.146 e. The monoisotopic (exact) mass is 309 g/mol. The maximum absolute atomic E-state index is 13.8. The zero-order chi connectivity index (χ0) is 13.3. The van der Waals surface area contributed by atoms with Crippen LogP contribution < -0.4 is 10.6 Å². The van der Waals surface area contributed by atoms with Gasteiger partial charge in [0.05, 0.1) is 17.6 Å². The fraction of sp³-hybridized carbons (Fsp3) is 0.154. The highest BCUT2D eigenvalue weighted by Gasteiger charge is 2.13. The topological polar surface area (TPSA) is 42.1 Å². The van der Waals surface area contributed by atoms with Crippen LogP contribution in [-0.2, 0) is 0 Å². The number of hydrogen-bond donors (Lipinski definition) is 1. The summed E-state index contributed by atoms with van der Waals surface area (Å²) in [5, 5.41) is 0. The third-order valence-electron chi connectivity index (χ3n) is 2.66. The van der Waals surface area contributed by atoms with Crippen LogP contribution in [0.25, 0.3) is 0 Å². The van der Waals surface area contributed by atoms with Gasteiger partial charge in [-0.15, -0.1) is 0 Å². The van der Waals surface area contributed by atoms with E-state index in [9.17, 15) is 4.39 Å². The molecule has 2 N–H and O–H groups in total. The summed E-state index contributed by atoms with van der Waals surface area (Å²) in [6.45, 7) is 1.89. The molecular weight excluding hydrogens is 297 g/mol. The van der Waals surface area contributed by atoms with Crippen LogP contribution in [0.5, 0.6) is 0 Å². The molecule has 3 nitrogen and oxygen atoms in total. The molecule has 0 fully saturated rings. The normalized spacial score (nSPS) is 10.4. The number of aryl methyl sites for hydroxylation is 1. The average Bonchev–Trinajstić information content (AvgIpc) is 2.31. The van der Waals surface area contributed by atoms with Crippen molar-refractivity contribution in [3.8, 4) is 0 Å². The van der Waals surface area contributed by atoms with Crippen LogP contribution in [0, 0.1) is 12.7 Å². The van der Waals surface area contributed by atoms with Gasteiger partial charge < -0.3 is 10.6 Å². The minimum Gasteiger partial charge on any atom is -0.397 e. The average molecular weight is 310 g/mol. The number of hydrogen-bond acceptors (Lipinski definition) is 3. The van der Waals surface area contributed by atoms with Crippen molar-refractivity contribution in [1.82, 2.24) is 4.98 Å². The molecule has 1 aromatic heterocycles. The van der Waals surface area contributed by atoms with E-state index < -0.39 is 0 Å². The van der Waals surface area contributed by atoms with Crippen molar-refractivity contribution in [2.24, 2.45) is 0 Å². The zero-order valence-electron chi connectivity index (χ0n) is 10.1. The van der Waals surface area contributed by atoms with Crippen molar-refractivity contribution >= 4 is 33.1 Å². The van der Waals surface area contributed by atoms with Gasteiger partial charge in [-0.1, -0.05) is 15.9 Å². The van der Waals surface area contributed by atoms with Crippen LogP contribution in [0.15, 0.2) is 34.9 Å². The zero-order valence-corrected chi connectivity index (χ0v) is 11.7. The highest BCUT2D eigenvalue weighted by Crippen LogP contribution is 2.29. The van der Waals surface area contributed by atoms with Gasteiger partial charge in [0.25, 0.3) is 0 Å². The van der Waals surface area contributed by atoms with Crippen molar-refractivity contribution in [2.45, 2.75) is 6.92 Å². The first-order valence-corrected chi connectivity index (χ1v) is 6.19. The van der Waals surface area contributed by atoms with Gasteiger partial charge in [-0.2, -0.15) is 0 Å². The van der Waals surface area contributed by atoms with Gasteiger partial charge in [-0.05, 0) is 36.8 Å². The van der Waals surface area contributed by atoms with Crippen LogP contribution in [-0.4, -0.2) is 12.0 Å². The number of nitrogens with two attached hydrogens (primary N) is 1. The second-order valence-electron chi connectivity index (χ2n) is 4.06. The standard InChI is InChI=1S/C13H13BrFN3/c1-8-5-10(16)7-17-13(8)18(2)12-6-9(14)3-4-11(12)15/h3-7H,16H2,1-2H3. The molecule has 18 heavy (non-hydrogen) atoms. The molecule has 2 aromatic rings. The van der Waals surface area contributed by atoms with E-state index in [1.165, 1.54) is 6.07 Å². The number of pyridine rings is 1. The first-order valence-electron chi connectivity index (χ1n) is 5.40. The van der Waals surface area contributed by atoms with Crippen LogP contribution in [0.2, 0.25) is 0 Å². The molecule has 0 atom stereocenters. The SMILES string of the molecule is Cc1cc(N)cnc1N(C)c1cc(Br)ccc1F. The van der Waals surface area contributed by atoms with Crippen molar-refractivity contribution in [3.63, 3.8) is 0 Å². The molecule has 1 aromatic carbocycles. The van der Waals surface area contributed by atoms with Crippen LogP contribution >= 0.6 is 15.9 Å². The van der Waals surface area contributed by atoms with Gasteiger partial charge in [0, 0.05) is 11.5 Å². The molecule has 0 spiro atoms. The summed E-state index contributed by atoms with van der Waals surface area (Å²) < 4.78 is 14.6. The van der Waals surface area contributed by atoms with Gasteiger partial charge >= 0.3 is 0 Å². The molecule has 0 saturated heterocycles. The maximum Gasteiger partial charge on any atom is 0.146 e. The third-order valence-corrected chi connectivity index (χ3v) is 3.15. The summed E-state index contributed by atoms with van der Waals surface area (Å²) in [7, 11) is 1.77. The summed E-state index contributed by atoms with van der Waals surface area (Å²) in [4.78, 5) is 5.95. The molecule has 0 aliphatic heterocycles. The molecule has 0 saturated carbocycles. The quantitative estimate of drug-likeness (QED) is 0.921. The molecular formula is C13H13BrFN3. The molecule has 0 unspecified atom stereocenters. The predicted octanol–water partition coefficient (Wildman–Crippen LogP) is 3.64. The number of halogens is 2. The first-order chi connectivity index (χ1) is 8.49. The molecule has 2 rings (SSSR count). The number of anilines is 3. The fourth-order valence-electron chi connectivity index (χ4n) is 1.80. The summed E-state index contributed by atoms with van der Waals surface area (Å²) in [6.07, 6.45) is 1.56. The van der Waals surface area contributed by atoms with Gasteiger partial charge in [0.1, 0.15) is 11.6 Å². The summed E-state index contributed by atoms with van der Waals surface area (Å²) in [5.74, 6) is 0.389. The second-order valence-corrected chi connectivity index (χ2v) is 4.98. The largest absolute Gasteiger partial charge is 0.397 e. The molecule has 1 heterocycles. The number of aromatic nitrogens is 1. The minimum atomic E-state index is -0.293. The lowest BCUT2D eigenvalue weighted by molar-refractivity contribution is 0.627. The van der Waals surface area contributed by atoms with Crippen molar-refractivity contribution in [1.29, 1.82) is 0 Å². The summed E-state index contributed by atoms with van der Waals surface area (Å²) >= 11 is 3.33. The van der Waals surface area contributed by atoms with Crippen LogP contribution in [0.4, 0.5) is 21.6 Å². The molecule has 5 heteroatoms. The predicted molar refractivity (Wildman–Crippen MR) is 75.5 cm³/mol. The van der Waals surface area contributed by atoms with Gasteiger partial charge in [0.15, 0.2) is 0 Å². The van der Waals surface area contributed by atoms with E-state index >= 15 is 0 Å². The Labute approximate surface area is 114 Å². The van der Waals surface area contributed by atoms with Crippen molar-refractivity contribution < 1.29 is 4.39 Å². The molecule has 0 bridgehead atoms. The van der Waals surface area contributed by atoms with E-state index in [0.717, 1.165) is 10.0 Å². The molecule has 94 valence electrons. The Balaban J connectivity index is 2.47. The number of benzene rings is 1. The number of nitrogens with zero attached hydrogens (tertiary/aromatic N) is 2. The third kappa shape index (κ3) is 2.46. The Kier molecular flexibility index (Phi) is 3.52. The van der Waals surface area contributed by atoms with Gasteiger partial charge in [0.2, 0.25) is 0 Å². The lowest BCUT2D eigenvalue weighted by Gasteiger charge is -2.21. The van der Waals surface area contributed by atoms with Gasteiger partial charge in [-0.25, -0.2) is 9.37 Å². The maximum atomic E-state index is 13.8. The van der Waals surface area contributed by atoms with Crippen molar-refractivity contribution in [2.75, 3.05) is 17.7 Å². The highest BCUT2D eigenvalue weighted by molar-refractivity contribution is 9.10. The van der Waals surface area contributed by atoms with Crippen LogP contribution in [0.3, 0.4) is 0 Å². The van der Waals surface area contributed by atoms with E-state index in [-0.39, 0.29) is 5.82 Å². The second kappa shape index (κ2) is 4.94. The van der Waals surface area contributed by atoms with Crippen molar-refractivity contribution in [3.05, 3.63) is 46.3 Å². The Morgan fingerprint density at radius 1 is 1.33 bits per heavy atom. The Morgan fingerprint density at radius 3 is 2.72 bits per heavy atom. The first kappa shape index (κ1) is 12.8. The van der Waals surface area contributed by atoms with E-state index in [2.05, 4.69) is 20.9 Å². The fourth-order valence-corrected chi connectivity index (χ4v) is 2.15. The Hall–Kier alpha value is -1.62. The number of rotatable bonds is 2. The lowest BCUT2D eigenvalue weighted by atomic mass is 10.2. The van der Waals surface area contributed by atoms with E-state index in [0.29, 0.717) is 17.2 Å². The van der Waals surface area contributed by atoms with Gasteiger partial charge in [-0.3, -0.25) is 0 Å². The minimum absolute atomic E-state index is 0.293. The molecule has 0 radical (unpaired) electrons. The van der Waals surface area contributed by atoms with Crippen LogP contribution in [0.1, 0.15) is 5.56 Å². The van der Waals surface area contributed by atoms with E-state index in [4.69, 9.17) is 5.73 Å². The Bertz CT molecular complexity index is 586. The molecule has 0 aliphatic rings. The highest BCUT2D eigenvalue weighted by atomic mass is 79.9. The molecule has 0 amide bonds. The lowest BCUT2D eigenvalue weighted by Crippen LogP contribution is -2.14.